The van der Waals surface area contributed by atoms with Gasteiger partial charge in [-0.2, -0.15) is 0 Å². The summed E-state index contributed by atoms with van der Waals surface area (Å²) in [6.45, 7) is 12.3. The van der Waals surface area contributed by atoms with Gasteiger partial charge in [-0.1, -0.05) is 82.0 Å². The van der Waals surface area contributed by atoms with Crippen LogP contribution in [0.4, 0.5) is 0 Å². The second-order valence-electron chi connectivity index (χ2n) is 5.68. The third-order valence-electron chi connectivity index (χ3n) is 4.21. The van der Waals surface area contributed by atoms with Gasteiger partial charge in [-0.25, -0.2) is 0 Å². The van der Waals surface area contributed by atoms with E-state index in [9.17, 15) is 5.11 Å². The summed E-state index contributed by atoms with van der Waals surface area (Å²) in [6.07, 6.45) is 8.98. The fraction of sp³-hybridized carbons (Fsp3) is 0.368. The zero-order chi connectivity index (χ0) is 15.2. The minimum absolute atomic E-state index is 0.223. The highest BCUT2D eigenvalue weighted by Crippen LogP contribution is 2.49. The van der Waals surface area contributed by atoms with Crippen molar-refractivity contribution in [2.45, 2.75) is 39.5 Å². The van der Waals surface area contributed by atoms with Gasteiger partial charge in [0.15, 0.2) is 0 Å². The molecule has 0 saturated heterocycles. The Morgan fingerprint density at radius 3 is 2.25 bits per heavy atom. The van der Waals surface area contributed by atoms with Gasteiger partial charge in [0, 0.05) is 0 Å². The van der Waals surface area contributed by atoms with Gasteiger partial charge in [-0.3, -0.25) is 0 Å². The maximum atomic E-state index is 10.4. The summed E-state index contributed by atoms with van der Waals surface area (Å²) < 4.78 is 0. The predicted molar refractivity (Wildman–Crippen MR) is 87.9 cm³/mol. The lowest BCUT2D eigenvalue weighted by Gasteiger charge is -2.44. The summed E-state index contributed by atoms with van der Waals surface area (Å²) in [4.78, 5) is 0. The summed E-state index contributed by atoms with van der Waals surface area (Å²) in [6, 6.07) is 10.1. The lowest BCUT2D eigenvalue weighted by atomic mass is 9.59. The second-order valence-corrected chi connectivity index (χ2v) is 5.68. The van der Waals surface area contributed by atoms with Crippen LogP contribution in [0.15, 0.2) is 67.0 Å². The summed E-state index contributed by atoms with van der Waals surface area (Å²) >= 11 is 0. The first kappa shape index (κ1) is 16.3. The molecule has 0 aliphatic heterocycles. The molecule has 1 nitrogen and oxygen atoms in total. The minimum atomic E-state index is -0.480. The van der Waals surface area contributed by atoms with Crippen LogP contribution in [0.3, 0.4) is 0 Å². The molecule has 0 aliphatic carbocycles. The molecular formula is C19H26O. The number of allylic oxidation sites excluding steroid dienone is 5. The van der Waals surface area contributed by atoms with Crippen LogP contribution in [0.2, 0.25) is 0 Å². The van der Waals surface area contributed by atoms with Crippen molar-refractivity contribution in [3.8, 4) is 0 Å². The van der Waals surface area contributed by atoms with Gasteiger partial charge < -0.3 is 5.11 Å². The number of aliphatic hydroxyl groups is 1. The molecule has 0 heterocycles. The first-order valence-electron chi connectivity index (χ1n) is 7.16. The highest BCUT2D eigenvalue weighted by Gasteiger charge is 2.46. The Balaban J connectivity index is 3.42. The zero-order valence-corrected chi connectivity index (χ0v) is 13.1. The van der Waals surface area contributed by atoms with E-state index in [-0.39, 0.29) is 11.2 Å². The van der Waals surface area contributed by atoms with Crippen LogP contribution < -0.4 is 0 Å². The van der Waals surface area contributed by atoms with Crippen LogP contribution in [0.25, 0.3) is 0 Å². The summed E-state index contributed by atoms with van der Waals surface area (Å²) in [7, 11) is 0. The highest BCUT2D eigenvalue weighted by molar-refractivity contribution is 5.38. The summed E-state index contributed by atoms with van der Waals surface area (Å²) in [5, 5.41) is 10.4. The topological polar surface area (TPSA) is 20.2 Å². The molecule has 1 unspecified atom stereocenters. The van der Waals surface area contributed by atoms with E-state index in [1.165, 1.54) is 0 Å². The van der Waals surface area contributed by atoms with E-state index < -0.39 is 5.41 Å². The third kappa shape index (κ3) is 2.87. The molecule has 0 bridgehead atoms. The lowest BCUT2D eigenvalue weighted by molar-refractivity contribution is 0.176. The predicted octanol–water partition coefficient (Wildman–Crippen LogP) is 5.56. The van der Waals surface area contributed by atoms with Gasteiger partial charge in [-0.15, -0.1) is 0 Å². The second kappa shape index (κ2) is 6.60. The van der Waals surface area contributed by atoms with Crippen LogP contribution in [-0.2, 0) is 5.41 Å². The van der Waals surface area contributed by atoms with Crippen molar-refractivity contribution in [1.29, 1.82) is 0 Å². The van der Waals surface area contributed by atoms with Crippen LogP contribution >= 0.6 is 0 Å². The third-order valence-corrected chi connectivity index (χ3v) is 4.21. The Morgan fingerprint density at radius 1 is 1.20 bits per heavy atom. The van der Waals surface area contributed by atoms with E-state index in [1.54, 1.807) is 0 Å². The Hall–Kier alpha value is -1.76. The normalized spacial score (nSPS) is 15.6. The molecule has 0 fully saturated rings. The van der Waals surface area contributed by atoms with Crippen LogP contribution in [0.5, 0.6) is 0 Å². The average molecular weight is 270 g/mol. The van der Waals surface area contributed by atoms with Crippen molar-refractivity contribution < 1.29 is 5.11 Å². The summed E-state index contributed by atoms with van der Waals surface area (Å²) in [5.41, 5.74) is 0.381. The first-order valence-corrected chi connectivity index (χ1v) is 7.16. The largest absolute Gasteiger partial charge is 0.512 e. The molecule has 108 valence electrons. The highest BCUT2D eigenvalue weighted by atomic mass is 16.3. The molecule has 1 aromatic rings. The van der Waals surface area contributed by atoms with E-state index in [4.69, 9.17) is 0 Å². The minimum Gasteiger partial charge on any atom is -0.512 e. The van der Waals surface area contributed by atoms with Crippen molar-refractivity contribution in [2.75, 3.05) is 0 Å². The smallest absolute Gasteiger partial charge is 0.0965 e. The molecule has 0 radical (unpaired) electrons. The van der Waals surface area contributed by atoms with E-state index in [0.717, 1.165) is 12.0 Å². The Labute approximate surface area is 123 Å². The van der Waals surface area contributed by atoms with Crippen molar-refractivity contribution in [3.05, 3.63) is 72.5 Å². The van der Waals surface area contributed by atoms with Crippen LogP contribution in [-0.4, -0.2) is 5.11 Å². The molecule has 1 heteroatoms. The van der Waals surface area contributed by atoms with Gasteiger partial charge in [0.05, 0.1) is 11.2 Å². The quantitative estimate of drug-likeness (QED) is 0.529. The molecule has 1 aromatic carbocycles. The van der Waals surface area contributed by atoms with Gasteiger partial charge in [-0.05, 0) is 24.3 Å². The van der Waals surface area contributed by atoms with Crippen molar-refractivity contribution >= 4 is 0 Å². The van der Waals surface area contributed by atoms with E-state index >= 15 is 0 Å². The number of hydrogen-bond donors (Lipinski definition) is 1. The Morgan fingerprint density at radius 2 is 1.80 bits per heavy atom. The van der Waals surface area contributed by atoms with Crippen LogP contribution in [0.1, 0.15) is 39.7 Å². The number of rotatable bonds is 6. The molecule has 1 atom stereocenters. The number of benzene rings is 1. The molecule has 20 heavy (non-hydrogen) atoms. The van der Waals surface area contributed by atoms with Gasteiger partial charge in [0.2, 0.25) is 0 Å². The first-order chi connectivity index (χ1) is 9.42. The van der Waals surface area contributed by atoms with Crippen molar-refractivity contribution in [3.63, 3.8) is 0 Å². The van der Waals surface area contributed by atoms with Gasteiger partial charge >= 0.3 is 0 Å². The van der Waals surface area contributed by atoms with E-state index in [2.05, 4.69) is 45.6 Å². The summed E-state index contributed by atoms with van der Waals surface area (Å²) in [5.74, 6) is 0.223. The molecule has 1 N–H and O–H groups in total. The molecular weight excluding hydrogens is 244 g/mol. The molecule has 1 rings (SSSR count). The fourth-order valence-corrected chi connectivity index (χ4v) is 3.05. The fourth-order valence-electron chi connectivity index (χ4n) is 3.05. The average Bonchev–Trinajstić information content (AvgIpc) is 2.40. The Kier molecular flexibility index (Phi) is 5.38. The number of hydrogen-bond acceptors (Lipinski definition) is 1. The lowest BCUT2D eigenvalue weighted by Crippen LogP contribution is -2.42. The molecule has 0 spiro atoms. The zero-order valence-electron chi connectivity index (χ0n) is 13.1. The molecule has 0 saturated carbocycles. The molecule has 0 aromatic heterocycles. The van der Waals surface area contributed by atoms with Crippen molar-refractivity contribution in [2.24, 2.45) is 5.41 Å². The monoisotopic (exact) mass is 270 g/mol. The maximum absolute atomic E-state index is 10.4. The molecule has 0 aliphatic rings. The van der Waals surface area contributed by atoms with Crippen molar-refractivity contribution in [1.82, 2.24) is 0 Å². The van der Waals surface area contributed by atoms with E-state index in [1.807, 2.05) is 43.4 Å². The van der Waals surface area contributed by atoms with Gasteiger partial charge in [0.1, 0.15) is 0 Å². The van der Waals surface area contributed by atoms with Crippen LogP contribution in [0, 0.1) is 5.41 Å². The van der Waals surface area contributed by atoms with E-state index in [0.29, 0.717) is 0 Å². The standard InChI is InChI=1S/C19H26O/c1-6-8-12-15-18(4,5)19(7-2,16(3)20)17-13-10-9-11-14-17/h6,8-15,20H,3,7H2,1-2,4-5H3/b8-6-,15-12-. The Bertz CT molecular complexity index is 494. The SMILES string of the molecule is C=C(O)C(CC)(c1ccccc1)C(C)(C)/C=C\C=C/C. The van der Waals surface area contributed by atoms with Gasteiger partial charge in [0.25, 0.3) is 0 Å². The molecule has 0 amide bonds. The number of aliphatic hydroxyl groups excluding tert-OH is 1. The maximum Gasteiger partial charge on any atom is 0.0965 e.